The smallest absolute Gasteiger partial charge is 0.348 e. The molecule has 3 rings (SSSR count). The number of hydrogen-bond donors (Lipinski definition) is 0. The summed E-state index contributed by atoms with van der Waals surface area (Å²) in [6, 6.07) is 4.71. The van der Waals surface area contributed by atoms with Crippen molar-refractivity contribution >= 4 is 35.5 Å². The molecule has 1 saturated heterocycles. The summed E-state index contributed by atoms with van der Waals surface area (Å²) in [4.78, 5) is 35.8. The molecule has 144 valence electrons. The molecule has 2 fully saturated rings. The van der Waals surface area contributed by atoms with E-state index >= 15 is 0 Å². The summed E-state index contributed by atoms with van der Waals surface area (Å²) in [7, 11) is 0. The van der Waals surface area contributed by atoms with E-state index in [-0.39, 0.29) is 11.3 Å². The van der Waals surface area contributed by atoms with E-state index in [1.54, 1.807) is 12.1 Å². The van der Waals surface area contributed by atoms with E-state index in [9.17, 15) is 19.7 Å². The Kier molecular flexibility index (Phi) is 5.55. The summed E-state index contributed by atoms with van der Waals surface area (Å²) >= 11 is 1.53. The first-order valence-electron chi connectivity index (χ1n) is 8.89. The van der Waals surface area contributed by atoms with Crippen molar-refractivity contribution in [1.82, 2.24) is 0 Å². The van der Waals surface area contributed by atoms with Gasteiger partial charge in [-0.05, 0) is 30.5 Å². The molecular formula is C19H21NO6S. The van der Waals surface area contributed by atoms with Crippen LogP contribution in [-0.2, 0) is 19.1 Å². The molecule has 0 spiro atoms. The van der Waals surface area contributed by atoms with E-state index in [0.29, 0.717) is 15.7 Å². The number of nitro groups is 1. The summed E-state index contributed by atoms with van der Waals surface area (Å²) in [5.74, 6) is -2.93. The van der Waals surface area contributed by atoms with E-state index < -0.39 is 22.6 Å². The monoisotopic (exact) mass is 391 g/mol. The van der Waals surface area contributed by atoms with Crippen LogP contribution in [0.25, 0.3) is 6.08 Å². The van der Waals surface area contributed by atoms with Crippen molar-refractivity contribution < 1.29 is 24.0 Å². The van der Waals surface area contributed by atoms with E-state index in [1.807, 2.05) is 0 Å². The van der Waals surface area contributed by atoms with Crippen molar-refractivity contribution in [2.75, 3.05) is 0 Å². The molecule has 1 aliphatic heterocycles. The highest BCUT2D eigenvalue weighted by Gasteiger charge is 2.39. The van der Waals surface area contributed by atoms with Crippen LogP contribution in [0.5, 0.6) is 0 Å². The zero-order valence-corrected chi connectivity index (χ0v) is 16.0. The van der Waals surface area contributed by atoms with Crippen LogP contribution in [0.1, 0.15) is 51.5 Å². The molecule has 0 bridgehead atoms. The number of ether oxygens (including phenoxy) is 2. The van der Waals surface area contributed by atoms with Crippen molar-refractivity contribution in [1.29, 1.82) is 0 Å². The first-order chi connectivity index (χ1) is 12.7. The molecule has 7 nitrogen and oxygen atoms in total. The molecule has 2 aliphatic rings. The normalized spacial score (nSPS) is 20.0. The average molecular weight is 391 g/mol. The quantitative estimate of drug-likeness (QED) is 0.249. The second kappa shape index (κ2) is 7.72. The fourth-order valence-corrected chi connectivity index (χ4v) is 4.50. The summed E-state index contributed by atoms with van der Waals surface area (Å²) in [5.41, 5.74) is 0.0624. The molecule has 8 heteroatoms. The van der Waals surface area contributed by atoms with Gasteiger partial charge < -0.3 is 9.47 Å². The van der Waals surface area contributed by atoms with E-state index in [0.717, 1.165) is 25.7 Å². The molecule has 0 radical (unpaired) electrons. The molecule has 1 aromatic carbocycles. The van der Waals surface area contributed by atoms with Crippen molar-refractivity contribution in [3.8, 4) is 0 Å². The summed E-state index contributed by atoms with van der Waals surface area (Å²) < 4.78 is 10.1. The summed E-state index contributed by atoms with van der Waals surface area (Å²) in [5, 5.41) is 11.9. The van der Waals surface area contributed by atoms with Gasteiger partial charge >= 0.3 is 11.9 Å². The Morgan fingerprint density at radius 1 is 1.15 bits per heavy atom. The van der Waals surface area contributed by atoms with Gasteiger partial charge in [-0.3, -0.25) is 10.1 Å². The predicted octanol–water partition coefficient (Wildman–Crippen LogP) is 4.24. The predicted molar refractivity (Wildman–Crippen MR) is 100 cm³/mol. The van der Waals surface area contributed by atoms with Crippen LogP contribution < -0.4 is 0 Å². The molecule has 1 aliphatic carbocycles. The van der Waals surface area contributed by atoms with Gasteiger partial charge in [0.2, 0.25) is 0 Å². The Balaban J connectivity index is 1.86. The topological polar surface area (TPSA) is 95.7 Å². The molecule has 0 N–H and O–H groups in total. The number of thioether (sulfide) groups is 1. The standard InChI is InChI=1S/C19H21NO6S/c1-19(2)25-17(21)14(18(22)26-19)10-12-8-9-16(15(11-12)20(23)24)27-13-6-4-3-5-7-13/h8-11,13H,3-7H2,1-2H3. The highest BCUT2D eigenvalue weighted by Crippen LogP contribution is 2.38. The van der Waals surface area contributed by atoms with Gasteiger partial charge in [-0.1, -0.05) is 25.3 Å². The lowest BCUT2D eigenvalue weighted by Crippen LogP contribution is -2.41. The maximum Gasteiger partial charge on any atom is 0.348 e. The molecule has 0 unspecified atom stereocenters. The van der Waals surface area contributed by atoms with Crippen molar-refractivity contribution in [3.05, 3.63) is 39.4 Å². The molecule has 1 saturated carbocycles. The van der Waals surface area contributed by atoms with Gasteiger partial charge in [0.05, 0.1) is 9.82 Å². The molecule has 27 heavy (non-hydrogen) atoms. The van der Waals surface area contributed by atoms with Crippen molar-refractivity contribution in [2.24, 2.45) is 0 Å². The average Bonchev–Trinajstić information content (AvgIpc) is 2.59. The van der Waals surface area contributed by atoms with E-state index in [1.165, 1.54) is 44.2 Å². The van der Waals surface area contributed by atoms with Gasteiger partial charge in [0.1, 0.15) is 5.57 Å². The first kappa shape index (κ1) is 19.4. The van der Waals surface area contributed by atoms with E-state index in [2.05, 4.69) is 0 Å². The Bertz CT molecular complexity index is 788. The summed E-state index contributed by atoms with van der Waals surface area (Å²) in [6.45, 7) is 2.92. The number of nitrogens with zero attached hydrogens (tertiary/aromatic N) is 1. The number of nitro benzene ring substituents is 1. The Morgan fingerprint density at radius 3 is 2.37 bits per heavy atom. The lowest BCUT2D eigenvalue weighted by molar-refractivity contribution is -0.387. The highest BCUT2D eigenvalue weighted by atomic mass is 32.2. The fourth-order valence-electron chi connectivity index (χ4n) is 3.17. The molecule has 0 aromatic heterocycles. The molecule has 0 atom stereocenters. The lowest BCUT2D eigenvalue weighted by Gasteiger charge is -2.29. The number of benzene rings is 1. The third-order valence-electron chi connectivity index (χ3n) is 4.45. The first-order valence-corrected chi connectivity index (χ1v) is 9.76. The van der Waals surface area contributed by atoms with Crippen molar-refractivity contribution in [3.63, 3.8) is 0 Å². The molecule has 1 heterocycles. The van der Waals surface area contributed by atoms with Crippen LogP contribution in [0.3, 0.4) is 0 Å². The third-order valence-corrected chi connectivity index (χ3v) is 5.86. The zero-order chi connectivity index (χ0) is 19.6. The van der Waals surface area contributed by atoms with Gasteiger partial charge in [0, 0.05) is 25.2 Å². The minimum atomic E-state index is -1.32. The van der Waals surface area contributed by atoms with Gasteiger partial charge in [-0.2, -0.15) is 0 Å². The molecule has 0 amide bonds. The number of carbonyl (C=O) groups is 2. The molecule has 1 aromatic rings. The van der Waals surface area contributed by atoms with Gasteiger partial charge in [-0.15, -0.1) is 11.8 Å². The number of carbonyl (C=O) groups excluding carboxylic acids is 2. The SMILES string of the molecule is CC1(C)OC(=O)C(=Cc2ccc(SC3CCCCC3)c([N+](=O)[O-])c2)C(=O)O1. The minimum absolute atomic E-state index is 0.0298. The highest BCUT2D eigenvalue weighted by molar-refractivity contribution is 8.00. The minimum Gasteiger partial charge on any atom is -0.419 e. The summed E-state index contributed by atoms with van der Waals surface area (Å²) in [6.07, 6.45) is 6.89. The Labute approximate surface area is 161 Å². The van der Waals surface area contributed by atoms with Gasteiger partial charge in [-0.25, -0.2) is 9.59 Å². The number of rotatable bonds is 4. The van der Waals surface area contributed by atoms with E-state index in [4.69, 9.17) is 9.47 Å². The van der Waals surface area contributed by atoms with Crippen LogP contribution >= 0.6 is 11.8 Å². The largest absolute Gasteiger partial charge is 0.419 e. The fraction of sp³-hybridized carbons (Fsp3) is 0.474. The van der Waals surface area contributed by atoms with Crippen molar-refractivity contribution in [2.45, 2.75) is 61.9 Å². The van der Waals surface area contributed by atoms with Crippen LogP contribution in [0.15, 0.2) is 28.7 Å². The second-order valence-corrected chi connectivity index (χ2v) is 8.44. The van der Waals surface area contributed by atoms with Crippen LogP contribution in [-0.4, -0.2) is 27.9 Å². The van der Waals surface area contributed by atoms with Gasteiger partial charge in [0.15, 0.2) is 0 Å². The Hall–Kier alpha value is -2.35. The molecular weight excluding hydrogens is 370 g/mol. The lowest BCUT2D eigenvalue weighted by atomic mass is 10.0. The zero-order valence-electron chi connectivity index (χ0n) is 15.2. The second-order valence-electron chi connectivity index (χ2n) is 7.10. The van der Waals surface area contributed by atoms with Crippen LogP contribution in [0.4, 0.5) is 5.69 Å². The number of hydrogen-bond acceptors (Lipinski definition) is 7. The number of cyclic esters (lactones) is 2. The maximum absolute atomic E-state index is 12.0. The third kappa shape index (κ3) is 4.68. The van der Waals surface area contributed by atoms with Crippen LogP contribution in [0.2, 0.25) is 0 Å². The van der Waals surface area contributed by atoms with Gasteiger partial charge in [0.25, 0.3) is 11.5 Å². The Morgan fingerprint density at radius 2 is 1.78 bits per heavy atom. The van der Waals surface area contributed by atoms with Crippen LogP contribution in [0, 0.1) is 10.1 Å². The number of esters is 2. The maximum atomic E-state index is 12.0.